The molecule has 0 spiro atoms. The Morgan fingerprint density at radius 2 is 1.79 bits per heavy atom. The maximum atomic E-state index is 13.0. The van der Waals surface area contributed by atoms with Crippen molar-refractivity contribution in [1.82, 2.24) is 15.0 Å². The molecular formula is C27H28ClN3O6S. The normalized spacial score (nSPS) is 11.4. The topological polar surface area (TPSA) is 130 Å². The molecule has 0 aliphatic rings. The maximum Gasteiger partial charge on any atom is 0.287 e. The number of para-hydroxylation sites is 1. The fourth-order valence-corrected chi connectivity index (χ4v) is 5.09. The largest absolute Gasteiger partial charge is 0.494 e. The van der Waals surface area contributed by atoms with Gasteiger partial charge < -0.3 is 19.5 Å². The Hall–Kier alpha value is -3.76. The van der Waals surface area contributed by atoms with Crippen LogP contribution in [0.2, 0.25) is 5.02 Å². The number of carbonyl (C=O) groups excluding carboxylic acids is 2. The number of aromatic amines is 1. The first-order valence-corrected chi connectivity index (χ1v) is 14.0. The molecule has 11 heteroatoms. The third-order valence-corrected chi connectivity index (χ3v) is 7.77. The van der Waals surface area contributed by atoms with Gasteiger partial charge in [-0.2, -0.15) is 0 Å². The van der Waals surface area contributed by atoms with Gasteiger partial charge in [0.1, 0.15) is 11.4 Å². The van der Waals surface area contributed by atoms with E-state index in [4.69, 9.17) is 20.8 Å². The third-order valence-electron chi connectivity index (χ3n) is 5.94. The van der Waals surface area contributed by atoms with Gasteiger partial charge in [-0.3, -0.25) is 9.59 Å². The minimum Gasteiger partial charge on any atom is -0.494 e. The van der Waals surface area contributed by atoms with Crippen LogP contribution in [-0.4, -0.2) is 44.1 Å². The first kappa shape index (κ1) is 27.3. The van der Waals surface area contributed by atoms with E-state index in [1.165, 1.54) is 12.3 Å². The summed E-state index contributed by atoms with van der Waals surface area (Å²) in [6, 6.07) is 14.2. The number of carbonyl (C=O) groups is 2. The van der Waals surface area contributed by atoms with E-state index in [1.807, 2.05) is 50.2 Å². The second-order valence-electron chi connectivity index (χ2n) is 8.83. The molecule has 0 bridgehead atoms. The number of aromatic nitrogens is 1. The Morgan fingerprint density at radius 1 is 1.05 bits per heavy atom. The number of fused-ring (bicyclic) bond motifs is 1. The van der Waals surface area contributed by atoms with Crippen LogP contribution in [-0.2, 0) is 16.4 Å². The maximum absolute atomic E-state index is 13.0. The number of sulfonamides is 1. The Morgan fingerprint density at radius 3 is 2.50 bits per heavy atom. The van der Waals surface area contributed by atoms with Crippen molar-refractivity contribution in [3.8, 4) is 5.75 Å². The van der Waals surface area contributed by atoms with Crippen LogP contribution < -0.4 is 14.8 Å². The number of halogens is 1. The lowest BCUT2D eigenvalue weighted by Crippen LogP contribution is -2.37. The highest BCUT2D eigenvalue weighted by Gasteiger charge is 2.22. The molecule has 4 rings (SSSR count). The molecule has 0 fully saturated rings. The summed E-state index contributed by atoms with van der Waals surface area (Å²) < 4.78 is 38.1. The molecule has 0 unspecified atom stereocenters. The first-order chi connectivity index (χ1) is 18.1. The number of hydrogen-bond acceptors (Lipinski definition) is 6. The van der Waals surface area contributed by atoms with Crippen LogP contribution in [0.25, 0.3) is 10.9 Å². The van der Waals surface area contributed by atoms with Crippen LogP contribution in [0.15, 0.2) is 59.2 Å². The molecule has 3 N–H and O–H groups in total. The van der Waals surface area contributed by atoms with Gasteiger partial charge in [0.2, 0.25) is 10.0 Å². The quantitative estimate of drug-likeness (QED) is 0.232. The van der Waals surface area contributed by atoms with Gasteiger partial charge in [-0.15, -0.1) is 0 Å². The minimum atomic E-state index is -4.02. The Kier molecular flexibility index (Phi) is 8.43. The Balaban J connectivity index is 1.40. The second-order valence-corrected chi connectivity index (χ2v) is 11.1. The highest BCUT2D eigenvalue weighted by atomic mass is 35.5. The van der Waals surface area contributed by atoms with Gasteiger partial charge in [0.25, 0.3) is 11.8 Å². The van der Waals surface area contributed by atoms with Crippen molar-refractivity contribution in [2.24, 2.45) is 0 Å². The predicted octanol–water partition coefficient (Wildman–Crippen LogP) is 4.53. The molecule has 2 amide bonds. The molecule has 2 heterocycles. The average Bonchev–Trinajstić information content (AvgIpc) is 3.53. The lowest BCUT2D eigenvalue weighted by atomic mass is 10.1. The average molecular weight is 558 g/mol. The summed E-state index contributed by atoms with van der Waals surface area (Å²) in [6.45, 7) is 4.04. The van der Waals surface area contributed by atoms with E-state index in [0.29, 0.717) is 35.8 Å². The number of amides is 2. The van der Waals surface area contributed by atoms with E-state index < -0.39 is 27.6 Å². The Labute approximate surface area is 225 Å². The lowest BCUT2D eigenvalue weighted by molar-refractivity contribution is 0.0928. The molecule has 0 aliphatic heterocycles. The van der Waals surface area contributed by atoms with Gasteiger partial charge in [-0.25, -0.2) is 13.1 Å². The fraction of sp³-hybridized carbons (Fsp3) is 0.259. The van der Waals surface area contributed by atoms with E-state index in [9.17, 15) is 18.0 Å². The highest BCUT2D eigenvalue weighted by molar-refractivity contribution is 7.90. The van der Waals surface area contributed by atoms with Crippen LogP contribution in [0.1, 0.15) is 44.2 Å². The molecule has 0 saturated carbocycles. The second kappa shape index (κ2) is 11.7. The number of furan rings is 1. The SMILES string of the molecule is Cc1cc(OCCCc2c(C(=O)NS(=O)(=O)CCNC(=O)c3ccco3)[nH]c3ccccc23)cc(C)c1Cl. The molecule has 0 aliphatic carbocycles. The fourth-order valence-electron chi connectivity index (χ4n) is 4.12. The van der Waals surface area contributed by atoms with Crippen molar-refractivity contribution in [3.05, 3.63) is 88.0 Å². The van der Waals surface area contributed by atoms with Crippen molar-refractivity contribution in [2.45, 2.75) is 26.7 Å². The first-order valence-electron chi connectivity index (χ1n) is 12.0. The number of hydrogen-bond donors (Lipinski definition) is 3. The van der Waals surface area contributed by atoms with Crippen molar-refractivity contribution < 1.29 is 27.2 Å². The number of nitrogens with one attached hydrogen (secondary N) is 3. The molecule has 200 valence electrons. The molecule has 2 aromatic heterocycles. The van der Waals surface area contributed by atoms with Crippen molar-refractivity contribution in [1.29, 1.82) is 0 Å². The zero-order valence-corrected chi connectivity index (χ0v) is 22.5. The minimum absolute atomic E-state index is 0.0689. The molecule has 4 aromatic rings. The van der Waals surface area contributed by atoms with Crippen LogP contribution in [0.4, 0.5) is 0 Å². The number of ether oxygens (including phenoxy) is 1. The molecule has 0 saturated heterocycles. The zero-order valence-electron chi connectivity index (χ0n) is 21.0. The number of H-pyrrole nitrogens is 1. The molecule has 0 atom stereocenters. The monoisotopic (exact) mass is 557 g/mol. The third kappa shape index (κ3) is 6.56. The van der Waals surface area contributed by atoms with E-state index in [1.54, 1.807) is 6.07 Å². The van der Waals surface area contributed by atoms with Crippen molar-refractivity contribution in [2.75, 3.05) is 18.9 Å². The van der Waals surface area contributed by atoms with E-state index in [-0.39, 0.29) is 18.0 Å². The molecular weight excluding hydrogens is 530 g/mol. The summed E-state index contributed by atoms with van der Waals surface area (Å²) in [5, 5.41) is 3.99. The van der Waals surface area contributed by atoms with Crippen molar-refractivity contribution in [3.63, 3.8) is 0 Å². The summed E-state index contributed by atoms with van der Waals surface area (Å²) in [4.78, 5) is 28.0. The van der Waals surface area contributed by atoms with Gasteiger partial charge in [-0.1, -0.05) is 29.8 Å². The van der Waals surface area contributed by atoms with Gasteiger partial charge >= 0.3 is 0 Å². The summed E-state index contributed by atoms with van der Waals surface area (Å²) in [5.74, 6) is -1.00. The number of aryl methyl sites for hydroxylation is 3. The van der Waals surface area contributed by atoms with E-state index >= 15 is 0 Å². The summed E-state index contributed by atoms with van der Waals surface area (Å²) in [5.41, 5.74) is 3.46. The standard InChI is InChI=1S/C27H28ClN3O6S/c1-17-15-19(16-18(2)24(17)28)36-12-5-8-21-20-7-3-4-9-22(20)30-25(21)27(33)31-38(34,35)14-11-29-26(32)23-10-6-13-37-23/h3-4,6-7,9-10,13,15-16,30H,5,8,11-12,14H2,1-2H3,(H,29,32)(H,31,33). The van der Waals surface area contributed by atoms with Crippen LogP contribution in [0, 0.1) is 13.8 Å². The van der Waals surface area contributed by atoms with Gasteiger partial charge in [0, 0.05) is 22.5 Å². The van der Waals surface area contributed by atoms with E-state index in [0.717, 1.165) is 22.0 Å². The van der Waals surface area contributed by atoms with Crippen molar-refractivity contribution >= 4 is 44.3 Å². The molecule has 38 heavy (non-hydrogen) atoms. The van der Waals surface area contributed by atoms with E-state index in [2.05, 4.69) is 15.0 Å². The highest BCUT2D eigenvalue weighted by Crippen LogP contribution is 2.27. The summed E-state index contributed by atoms with van der Waals surface area (Å²) >= 11 is 6.23. The van der Waals surface area contributed by atoms with Gasteiger partial charge in [-0.05, 0) is 73.7 Å². The Bertz CT molecular complexity index is 1540. The smallest absolute Gasteiger partial charge is 0.287 e. The summed E-state index contributed by atoms with van der Waals surface area (Å²) in [7, 11) is -4.02. The van der Waals surface area contributed by atoms with Crippen LogP contribution >= 0.6 is 11.6 Å². The van der Waals surface area contributed by atoms with Crippen LogP contribution in [0.3, 0.4) is 0 Å². The molecule has 0 radical (unpaired) electrons. The molecule has 9 nitrogen and oxygen atoms in total. The molecule has 2 aromatic carbocycles. The zero-order chi connectivity index (χ0) is 27.3. The lowest BCUT2D eigenvalue weighted by Gasteiger charge is -2.11. The summed E-state index contributed by atoms with van der Waals surface area (Å²) in [6.07, 6.45) is 2.42. The van der Waals surface area contributed by atoms with Crippen LogP contribution in [0.5, 0.6) is 5.75 Å². The number of rotatable bonds is 11. The predicted molar refractivity (Wildman–Crippen MR) is 145 cm³/mol. The van der Waals surface area contributed by atoms with Gasteiger partial charge in [0.15, 0.2) is 5.76 Å². The van der Waals surface area contributed by atoms with Gasteiger partial charge in [0.05, 0.1) is 18.6 Å². The number of benzene rings is 2.